The lowest BCUT2D eigenvalue weighted by atomic mass is 10.0. The summed E-state index contributed by atoms with van der Waals surface area (Å²) in [5.74, 6) is -0.521. The number of anilines is 1. The van der Waals surface area contributed by atoms with Gasteiger partial charge in [-0.3, -0.25) is 19.9 Å². The predicted molar refractivity (Wildman–Crippen MR) is 126 cm³/mol. The van der Waals surface area contributed by atoms with Crippen LogP contribution in [0.1, 0.15) is 16.7 Å². The van der Waals surface area contributed by atoms with E-state index >= 15 is 0 Å². The number of nitrogens with two attached hydrogens (primary N) is 1. The van der Waals surface area contributed by atoms with Gasteiger partial charge >= 0.3 is 18.0 Å². The Balaban J connectivity index is 1.61. The van der Waals surface area contributed by atoms with Gasteiger partial charge in [0.2, 0.25) is 0 Å². The maximum Gasteiger partial charge on any atom is 0.414 e. The van der Waals surface area contributed by atoms with E-state index in [0.717, 1.165) is 5.56 Å². The molecular weight excluding hydrogens is 456 g/mol. The van der Waals surface area contributed by atoms with Crippen molar-refractivity contribution in [2.75, 3.05) is 32.3 Å². The van der Waals surface area contributed by atoms with Crippen LogP contribution >= 0.6 is 0 Å². The molecule has 1 heterocycles. The molecule has 0 bridgehead atoms. The highest BCUT2D eigenvalue weighted by Gasteiger charge is 2.32. The molecule has 1 aliphatic heterocycles. The van der Waals surface area contributed by atoms with Crippen molar-refractivity contribution in [1.29, 1.82) is 5.41 Å². The van der Waals surface area contributed by atoms with Gasteiger partial charge in [-0.25, -0.2) is 4.79 Å². The standard InChI is InChI=1S/C24H28N4O7/c1-32-21(29)10-16-5-8-19(9-17(16)11-22(30)33-2)34-14-20-13-28(24(31)35-20)18-6-3-15(4-7-18)12-27-23(25)26/h3-9,20H,10-14H2,1-2H3,(H4,25,26,27). The summed E-state index contributed by atoms with van der Waals surface area (Å²) in [6.07, 6.45) is -0.986. The first kappa shape index (κ1) is 25.3. The highest BCUT2D eigenvalue weighted by Crippen LogP contribution is 2.24. The van der Waals surface area contributed by atoms with E-state index in [2.05, 4.69) is 5.32 Å². The van der Waals surface area contributed by atoms with Crippen LogP contribution < -0.4 is 20.7 Å². The average Bonchev–Trinajstić information content (AvgIpc) is 3.23. The summed E-state index contributed by atoms with van der Waals surface area (Å²) in [5.41, 5.74) is 8.10. The fraction of sp³-hybridized carbons (Fsp3) is 0.333. The molecule has 2 aromatic carbocycles. The minimum Gasteiger partial charge on any atom is -0.490 e. The second-order valence-corrected chi connectivity index (χ2v) is 7.80. The van der Waals surface area contributed by atoms with Crippen molar-refractivity contribution in [3.8, 4) is 5.75 Å². The molecule has 186 valence electrons. The van der Waals surface area contributed by atoms with Crippen molar-refractivity contribution in [1.82, 2.24) is 5.32 Å². The van der Waals surface area contributed by atoms with E-state index in [9.17, 15) is 14.4 Å². The van der Waals surface area contributed by atoms with Crippen LogP contribution in [-0.2, 0) is 43.2 Å². The van der Waals surface area contributed by atoms with Gasteiger partial charge in [-0.05, 0) is 41.0 Å². The van der Waals surface area contributed by atoms with Gasteiger partial charge in [-0.1, -0.05) is 18.2 Å². The summed E-state index contributed by atoms with van der Waals surface area (Å²) in [6.45, 7) is 0.823. The molecule has 35 heavy (non-hydrogen) atoms. The van der Waals surface area contributed by atoms with Crippen molar-refractivity contribution in [3.05, 3.63) is 59.2 Å². The second-order valence-electron chi connectivity index (χ2n) is 7.80. The van der Waals surface area contributed by atoms with Gasteiger partial charge < -0.3 is 30.0 Å². The number of methoxy groups -OCH3 is 2. The number of guanidine groups is 1. The van der Waals surface area contributed by atoms with Crippen molar-refractivity contribution < 1.29 is 33.3 Å². The van der Waals surface area contributed by atoms with Crippen molar-refractivity contribution in [2.45, 2.75) is 25.5 Å². The predicted octanol–water partition coefficient (Wildman–Crippen LogP) is 1.50. The number of carbonyl (C=O) groups excluding carboxylic acids is 3. The van der Waals surface area contributed by atoms with E-state index in [0.29, 0.717) is 35.7 Å². The Hall–Kier alpha value is -4.28. The molecule has 11 heteroatoms. The zero-order valence-electron chi connectivity index (χ0n) is 19.5. The molecule has 0 spiro atoms. The van der Waals surface area contributed by atoms with Gasteiger partial charge in [0, 0.05) is 12.2 Å². The summed E-state index contributed by atoms with van der Waals surface area (Å²) in [6, 6.07) is 12.3. The smallest absolute Gasteiger partial charge is 0.414 e. The van der Waals surface area contributed by atoms with Crippen LogP contribution in [0, 0.1) is 5.41 Å². The third kappa shape index (κ3) is 7.10. The highest BCUT2D eigenvalue weighted by molar-refractivity contribution is 5.89. The lowest BCUT2D eigenvalue weighted by Gasteiger charge is -2.15. The molecule has 1 fully saturated rings. The van der Waals surface area contributed by atoms with Gasteiger partial charge in [0.05, 0.1) is 33.6 Å². The van der Waals surface area contributed by atoms with Crippen LogP contribution in [0.2, 0.25) is 0 Å². The first-order valence-electron chi connectivity index (χ1n) is 10.8. The summed E-state index contributed by atoms with van der Waals surface area (Å²) in [7, 11) is 2.59. The lowest BCUT2D eigenvalue weighted by Crippen LogP contribution is -2.29. The Morgan fingerprint density at radius 1 is 1.09 bits per heavy atom. The van der Waals surface area contributed by atoms with E-state index in [1.807, 2.05) is 12.1 Å². The Kier molecular flexibility index (Phi) is 8.49. The molecular formula is C24H28N4O7. The molecule has 4 N–H and O–H groups in total. The fourth-order valence-corrected chi connectivity index (χ4v) is 3.48. The monoisotopic (exact) mass is 484 g/mol. The molecule has 11 nitrogen and oxygen atoms in total. The summed E-state index contributed by atoms with van der Waals surface area (Å²) >= 11 is 0. The normalized spacial score (nSPS) is 14.7. The van der Waals surface area contributed by atoms with E-state index in [-0.39, 0.29) is 25.4 Å². The Bertz CT molecular complexity index is 1090. The minimum atomic E-state index is -0.500. The zero-order valence-corrected chi connectivity index (χ0v) is 19.5. The SMILES string of the molecule is COC(=O)Cc1ccc(OCC2CN(c3ccc(CNC(=N)N)cc3)C(=O)O2)cc1CC(=O)OC. The molecule has 1 amide bonds. The van der Waals surface area contributed by atoms with Crippen molar-refractivity contribution in [3.63, 3.8) is 0 Å². The second kappa shape index (κ2) is 11.7. The first-order valence-corrected chi connectivity index (χ1v) is 10.8. The number of carbonyl (C=O) groups is 3. The van der Waals surface area contributed by atoms with E-state index in [1.165, 1.54) is 19.1 Å². The number of nitrogens with zero attached hydrogens (tertiary/aromatic N) is 1. The molecule has 2 aromatic rings. The molecule has 0 aromatic heterocycles. The van der Waals surface area contributed by atoms with E-state index < -0.39 is 24.1 Å². The topological polar surface area (TPSA) is 153 Å². The summed E-state index contributed by atoms with van der Waals surface area (Å²) in [5, 5.41) is 9.94. The van der Waals surface area contributed by atoms with Crippen LogP contribution in [-0.4, -0.2) is 57.5 Å². The number of hydrogen-bond acceptors (Lipinski definition) is 8. The quantitative estimate of drug-likeness (QED) is 0.197. The van der Waals surface area contributed by atoms with E-state index in [4.69, 9.17) is 30.1 Å². The summed E-state index contributed by atoms with van der Waals surface area (Å²) < 4.78 is 20.7. The van der Waals surface area contributed by atoms with Crippen molar-refractivity contribution >= 4 is 29.7 Å². The number of hydrogen-bond donors (Lipinski definition) is 3. The van der Waals surface area contributed by atoms with Crippen LogP contribution in [0.5, 0.6) is 5.75 Å². The summed E-state index contributed by atoms with van der Waals surface area (Å²) in [4.78, 5) is 37.4. The third-order valence-electron chi connectivity index (χ3n) is 5.34. The van der Waals surface area contributed by atoms with Gasteiger partial charge in [0.1, 0.15) is 12.4 Å². The number of nitrogens with one attached hydrogen (secondary N) is 2. The number of benzene rings is 2. The number of esters is 2. The number of amides is 1. The molecule has 3 rings (SSSR count). The molecule has 0 aliphatic carbocycles. The van der Waals surface area contributed by atoms with Gasteiger partial charge in [0.15, 0.2) is 12.1 Å². The highest BCUT2D eigenvalue weighted by atomic mass is 16.6. The number of ether oxygens (including phenoxy) is 4. The zero-order chi connectivity index (χ0) is 25.4. The van der Waals surface area contributed by atoms with Crippen LogP contribution in [0.25, 0.3) is 0 Å². The van der Waals surface area contributed by atoms with Crippen LogP contribution in [0.15, 0.2) is 42.5 Å². The largest absolute Gasteiger partial charge is 0.490 e. The molecule has 1 atom stereocenters. The molecule has 0 radical (unpaired) electrons. The molecule has 1 unspecified atom stereocenters. The van der Waals surface area contributed by atoms with E-state index in [1.54, 1.807) is 30.3 Å². The van der Waals surface area contributed by atoms with Crippen LogP contribution in [0.4, 0.5) is 10.5 Å². The lowest BCUT2D eigenvalue weighted by molar-refractivity contribution is -0.141. The number of cyclic esters (lactones) is 1. The van der Waals surface area contributed by atoms with Crippen LogP contribution in [0.3, 0.4) is 0 Å². The maximum absolute atomic E-state index is 12.4. The maximum atomic E-state index is 12.4. The minimum absolute atomic E-state index is 0.0158. The third-order valence-corrected chi connectivity index (χ3v) is 5.34. The van der Waals surface area contributed by atoms with Gasteiger partial charge in [-0.2, -0.15) is 0 Å². The number of rotatable bonds is 10. The van der Waals surface area contributed by atoms with Gasteiger partial charge in [0.25, 0.3) is 0 Å². The molecule has 1 aliphatic rings. The molecule has 0 saturated carbocycles. The first-order chi connectivity index (χ1) is 16.8. The average molecular weight is 485 g/mol. The Morgan fingerprint density at radius 2 is 1.74 bits per heavy atom. The molecule has 1 saturated heterocycles. The Labute approximate surface area is 202 Å². The van der Waals surface area contributed by atoms with Crippen molar-refractivity contribution in [2.24, 2.45) is 5.73 Å². The Morgan fingerprint density at radius 3 is 2.37 bits per heavy atom. The fourth-order valence-electron chi connectivity index (χ4n) is 3.48. The van der Waals surface area contributed by atoms with Gasteiger partial charge in [-0.15, -0.1) is 0 Å².